The molecule has 0 aromatic heterocycles. The fourth-order valence-electron chi connectivity index (χ4n) is 1.86. The largest absolute Gasteiger partial charge is 0.479 e. The van der Waals surface area contributed by atoms with Crippen LogP contribution in [0, 0.1) is 11.6 Å². The van der Waals surface area contributed by atoms with E-state index in [0.29, 0.717) is 10.5 Å². The Morgan fingerprint density at radius 2 is 1.50 bits per heavy atom. The Labute approximate surface area is 130 Å². The summed E-state index contributed by atoms with van der Waals surface area (Å²) < 4.78 is 25.7. The zero-order chi connectivity index (χ0) is 16.2. The summed E-state index contributed by atoms with van der Waals surface area (Å²) in [5, 5.41) is 19.6. The van der Waals surface area contributed by atoms with E-state index in [1.54, 1.807) is 0 Å². The fraction of sp³-hybridized carbons (Fsp3) is 0.188. The van der Waals surface area contributed by atoms with Crippen molar-refractivity contribution in [3.63, 3.8) is 0 Å². The minimum atomic E-state index is -1.99. The summed E-state index contributed by atoms with van der Waals surface area (Å²) in [4.78, 5) is 12.0. The molecule has 22 heavy (non-hydrogen) atoms. The van der Waals surface area contributed by atoms with Crippen LogP contribution in [0.15, 0.2) is 53.4 Å². The van der Waals surface area contributed by atoms with E-state index in [2.05, 4.69) is 0 Å². The Hall–Kier alpha value is -1.92. The first kappa shape index (κ1) is 16.5. The normalized spacial score (nSPS) is 13.6. The summed E-state index contributed by atoms with van der Waals surface area (Å²) >= 11 is 1.12. The van der Waals surface area contributed by atoms with Crippen LogP contribution in [0.1, 0.15) is 5.56 Å². The van der Waals surface area contributed by atoms with Gasteiger partial charge in [0.15, 0.2) is 5.60 Å². The third-order valence-electron chi connectivity index (χ3n) is 3.10. The van der Waals surface area contributed by atoms with E-state index in [-0.39, 0.29) is 18.0 Å². The van der Waals surface area contributed by atoms with Crippen LogP contribution in [-0.4, -0.2) is 27.5 Å². The van der Waals surface area contributed by atoms with Gasteiger partial charge in [-0.3, -0.25) is 0 Å². The van der Waals surface area contributed by atoms with Crippen LogP contribution in [0.3, 0.4) is 0 Å². The van der Waals surface area contributed by atoms with Crippen LogP contribution in [0.25, 0.3) is 0 Å². The van der Waals surface area contributed by atoms with Crippen molar-refractivity contribution in [1.82, 2.24) is 0 Å². The van der Waals surface area contributed by atoms with Gasteiger partial charge in [0.05, 0.1) is 0 Å². The lowest BCUT2D eigenvalue weighted by molar-refractivity contribution is -0.155. The first-order valence-corrected chi connectivity index (χ1v) is 7.46. The molecule has 0 aliphatic heterocycles. The topological polar surface area (TPSA) is 57.5 Å². The monoisotopic (exact) mass is 324 g/mol. The van der Waals surface area contributed by atoms with Gasteiger partial charge in [0.2, 0.25) is 0 Å². The SMILES string of the molecule is O=C(O)[C@@](O)(CSc1ccc(F)cc1)Cc1ccc(F)cc1. The Morgan fingerprint density at radius 3 is 2.00 bits per heavy atom. The number of rotatable bonds is 6. The molecule has 0 saturated heterocycles. The molecule has 0 spiro atoms. The maximum absolute atomic E-state index is 12.9. The highest BCUT2D eigenvalue weighted by atomic mass is 32.2. The van der Waals surface area contributed by atoms with Crippen LogP contribution in [-0.2, 0) is 11.2 Å². The van der Waals surface area contributed by atoms with Gasteiger partial charge < -0.3 is 10.2 Å². The van der Waals surface area contributed by atoms with E-state index in [1.807, 2.05) is 0 Å². The summed E-state index contributed by atoms with van der Waals surface area (Å²) in [6.07, 6.45) is -0.142. The van der Waals surface area contributed by atoms with Crippen molar-refractivity contribution in [1.29, 1.82) is 0 Å². The number of carbonyl (C=O) groups is 1. The van der Waals surface area contributed by atoms with Gasteiger partial charge in [-0.15, -0.1) is 11.8 Å². The van der Waals surface area contributed by atoms with Gasteiger partial charge in [-0.05, 0) is 42.0 Å². The van der Waals surface area contributed by atoms with E-state index in [1.165, 1.54) is 48.5 Å². The molecule has 2 N–H and O–H groups in total. The zero-order valence-corrected chi connectivity index (χ0v) is 12.3. The molecule has 116 valence electrons. The molecule has 2 aromatic carbocycles. The predicted octanol–water partition coefficient (Wildman–Crippen LogP) is 3.12. The number of carboxylic acid groups (broad SMARTS) is 1. The first-order valence-electron chi connectivity index (χ1n) is 6.48. The average molecular weight is 324 g/mol. The molecule has 0 heterocycles. The smallest absolute Gasteiger partial charge is 0.336 e. The summed E-state index contributed by atoms with van der Waals surface area (Å²) in [6.45, 7) is 0. The van der Waals surface area contributed by atoms with Gasteiger partial charge in [0, 0.05) is 17.1 Å². The molecule has 0 fully saturated rings. The summed E-state index contributed by atoms with van der Waals surface area (Å²) in [6, 6.07) is 10.9. The van der Waals surface area contributed by atoms with Crippen molar-refractivity contribution >= 4 is 17.7 Å². The van der Waals surface area contributed by atoms with Gasteiger partial charge in [-0.1, -0.05) is 12.1 Å². The Kier molecular flexibility index (Phi) is 5.15. The van der Waals surface area contributed by atoms with Crippen LogP contribution in [0.5, 0.6) is 0 Å². The number of benzene rings is 2. The minimum absolute atomic E-state index is 0.106. The van der Waals surface area contributed by atoms with Gasteiger partial charge in [-0.25, -0.2) is 13.6 Å². The highest BCUT2D eigenvalue weighted by Crippen LogP contribution is 2.26. The van der Waals surface area contributed by atoms with Crippen LogP contribution >= 0.6 is 11.8 Å². The molecule has 0 amide bonds. The maximum atomic E-state index is 12.9. The highest BCUT2D eigenvalue weighted by molar-refractivity contribution is 7.99. The van der Waals surface area contributed by atoms with Gasteiger partial charge >= 0.3 is 5.97 Å². The second kappa shape index (κ2) is 6.89. The quantitative estimate of drug-likeness (QED) is 0.802. The van der Waals surface area contributed by atoms with Crippen molar-refractivity contribution in [2.24, 2.45) is 0 Å². The van der Waals surface area contributed by atoms with Gasteiger partial charge in [0.25, 0.3) is 0 Å². The lowest BCUT2D eigenvalue weighted by atomic mass is 9.96. The zero-order valence-electron chi connectivity index (χ0n) is 11.5. The minimum Gasteiger partial charge on any atom is -0.479 e. The predicted molar refractivity (Wildman–Crippen MR) is 79.8 cm³/mol. The molecule has 0 aliphatic carbocycles. The molecular formula is C16H14F2O3S. The molecule has 0 bridgehead atoms. The molecule has 2 rings (SSSR count). The van der Waals surface area contributed by atoms with E-state index >= 15 is 0 Å². The molecule has 2 aromatic rings. The second-order valence-corrected chi connectivity index (χ2v) is 5.93. The lowest BCUT2D eigenvalue weighted by Crippen LogP contribution is -2.43. The summed E-state index contributed by atoms with van der Waals surface area (Å²) in [7, 11) is 0. The second-order valence-electron chi connectivity index (χ2n) is 4.88. The number of halogens is 2. The van der Waals surface area contributed by atoms with Crippen molar-refractivity contribution in [2.75, 3.05) is 5.75 Å². The van der Waals surface area contributed by atoms with Crippen molar-refractivity contribution in [3.8, 4) is 0 Å². The number of thioether (sulfide) groups is 1. The standard InChI is InChI=1S/C16H14F2O3S/c17-12-3-1-11(2-4-12)9-16(21,15(19)20)10-22-14-7-5-13(18)6-8-14/h1-8,21H,9-10H2,(H,19,20)/t16-/m0/s1. The van der Waals surface area contributed by atoms with E-state index in [4.69, 9.17) is 0 Å². The fourth-order valence-corrected chi connectivity index (χ4v) is 2.82. The molecule has 0 aliphatic rings. The summed E-state index contributed by atoms with van der Waals surface area (Å²) in [5.41, 5.74) is -1.47. The number of hydrogen-bond donors (Lipinski definition) is 2. The van der Waals surface area contributed by atoms with Crippen molar-refractivity contribution in [2.45, 2.75) is 16.9 Å². The molecule has 0 unspecified atom stereocenters. The van der Waals surface area contributed by atoms with E-state index in [0.717, 1.165) is 11.8 Å². The Balaban J connectivity index is 2.08. The van der Waals surface area contributed by atoms with E-state index in [9.17, 15) is 23.8 Å². The first-order chi connectivity index (χ1) is 10.4. The Bertz CT molecular complexity index is 643. The molecular weight excluding hydrogens is 310 g/mol. The molecule has 1 atom stereocenters. The number of aliphatic carboxylic acids is 1. The third kappa shape index (κ3) is 4.29. The van der Waals surface area contributed by atoms with Gasteiger partial charge in [0.1, 0.15) is 11.6 Å². The highest BCUT2D eigenvalue weighted by Gasteiger charge is 2.36. The van der Waals surface area contributed by atoms with Crippen LogP contribution < -0.4 is 0 Å². The molecule has 0 saturated carbocycles. The van der Waals surface area contributed by atoms with Crippen molar-refractivity contribution in [3.05, 3.63) is 65.7 Å². The molecule has 6 heteroatoms. The number of aliphatic hydroxyl groups is 1. The summed E-state index contributed by atoms with van der Waals surface area (Å²) in [5.74, 6) is -2.27. The van der Waals surface area contributed by atoms with E-state index < -0.39 is 17.4 Å². The number of carboxylic acids is 1. The molecule has 0 radical (unpaired) electrons. The molecule has 3 nitrogen and oxygen atoms in total. The Morgan fingerprint density at radius 1 is 1.00 bits per heavy atom. The van der Waals surface area contributed by atoms with Crippen LogP contribution in [0.4, 0.5) is 8.78 Å². The third-order valence-corrected chi connectivity index (χ3v) is 4.33. The number of hydrogen-bond acceptors (Lipinski definition) is 3. The average Bonchev–Trinajstić information content (AvgIpc) is 2.49. The van der Waals surface area contributed by atoms with Crippen LogP contribution in [0.2, 0.25) is 0 Å². The van der Waals surface area contributed by atoms with Gasteiger partial charge in [-0.2, -0.15) is 0 Å². The lowest BCUT2D eigenvalue weighted by Gasteiger charge is -2.23. The van der Waals surface area contributed by atoms with Crippen molar-refractivity contribution < 1.29 is 23.8 Å². The maximum Gasteiger partial charge on any atom is 0.336 e.